The van der Waals surface area contributed by atoms with Crippen LogP contribution in [0.2, 0.25) is 0 Å². The molecule has 0 atom stereocenters. The highest BCUT2D eigenvalue weighted by atomic mass is 16.7. The number of carbonyl (C=O) groups is 2. The molecule has 0 saturated heterocycles. The van der Waals surface area contributed by atoms with E-state index in [2.05, 4.69) is 62.4 Å². The summed E-state index contributed by atoms with van der Waals surface area (Å²) in [4.78, 5) is 29.2. The number of carbonyl (C=O) groups excluding carboxylic acids is 2. The van der Waals surface area contributed by atoms with Crippen molar-refractivity contribution >= 4 is 17.7 Å². The van der Waals surface area contributed by atoms with Crippen LogP contribution in [0.3, 0.4) is 0 Å². The molecular weight excluding hydrogens is 548 g/mol. The van der Waals surface area contributed by atoms with Crippen molar-refractivity contribution in [2.75, 3.05) is 19.8 Å². The number of ether oxygens (including phenoxy) is 3. The van der Waals surface area contributed by atoms with Crippen LogP contribution in [0.1, 0.15) is 62.3 Å². The third-order valence-electron chi connectivity index (χ3n) is 7.24. The van der Waals surface area contributed by atoms with E-state index in [9.17, 15) is 9.59 Å². The minimum atomic E-state index is -0.776. The number of aromatic amines is 1. The molecule has 224 valence electrons. The van der Waals surface area contributed by atoms with Gasteiger partial charge in [0, 0.05) is 24.6 Å². The molecule has 0 fully saturated rings. The lowest BCUT2D eigenvalue weighted by Gasteiger charge is -2.15. The molecule has 11 nitrogen and oxygen atoms in total. The SMILES string of the molecule is CCCc1nc2c(n1Cc1ccc(-c3ccccc3-c3nnn[nH]3)cc1)C(=CC(=O)OCCOC(=O)OCC)CCCC2. The van der Waals surface area contributed by atoms with Gasteiger partial charge in [0.05, 0.1) is 18.0 Å². The summed E-state index contributed by atoms with van der Waals surface area (Å²) in [6, 6.07) is 16.5. The number of rotatable bonds is 11. The fourth-order valence-electron chi connectivity index (χ4n) is 5.34. The van der Waals surface area contributed by atoms with Gasteiger partial charge in [-0.1, -0.05) is 55.5 Å². The quantitative estimate of drug-likeness (QED) is 0.104. The molecule has 2 heterocycles. The molecule has 0 spiro atoms. The first-order chi connectivity index (χ1) is 21.1. The molecule has 0 unspecified atom stereocenters. The number of esters is 1. The molecule has 0 radical (unpaired) electrons. The Bertz CT molecular complexity index is 1560. The predicted octanol–water partition coefficient (Wildman–Crippen LogP) is 5.56. The van der Waals surface area contributed by atoms with Crippen molar-refractivity contribution in [3.05, 3.63) is 77.4 Å². The fourth-order valence-corrected chi connectivity index (χ4v) is 5.34. The second-order valence-corrected chi connectivity index (χ2v) is 10.2. The first kappa shape index (κ1) is 29.7. The lowest BCUT2D eigenvalue weighted by Crippen LogP contribution is -2.14. The molecule has 1 aliphatic carbocycles. The van der Waals surface area contributed by atoms with E-state index in [0.29, 0.717) is 12.4 Å². The summed E-state index contributed by atoms with van der Waals surface area (Å²) in [6.07, 6.45) is 6.18. The predicted molar refractivity (Wildman–Crippen MR) is 160 cm³/mol. The Labute approximate surface area is 250 Å². The molecule has 0 bridgehead atoms. The van der Waals surface area contributed by atoms with Gasteiger partial charge in [0.15, 0.2) is 5.82 Å². The van der Waals surface area contributed by atoms with Crippen molar-refractivity contribution < 1.29 is 23.8 Å². The van der Waals surface area contributed by atoms with Crippen LogP contribution in [0.4, 0.5) is 4.79 Å². The molecule has 0 amide bonds. The number of fused-ring (bicyclic) bond motifs is 1. The molecular formula is C32H36N6O5. The summed E-state index contributed by atoms with van der Waals surface area (Å²) >= 11 is 0. The van der Waals surface area contributed by atoms with E-state index < -0.39 is 12.1 Å². The second kappa shape index (κ2) is 14.4. The van der Waals surface area contributed by atoms with Crippen molar-refractivity contribution in [3.8, 4) is 22.5 Å². The van der Waals surface area contributed by atoms with Crippen molar-refractivity contribution in [1.29, 1.82) is 0 Å². The molecule has 43 heavy (non-hydrogen) atoms. The number of hydrogen-bond donors (Lipinski definition) is 1. The normalized spacial score (nSPS) is 13.8. The third kappa shape index (κ3) is 7.35. The van der Waals surface area contributed by atoms with Gasteiger partial charge in [0.25, 0.3) is 0 Å². The molecule has 4 aromatic rings. The molecule has 2 aromatic carbocycles. The standard InChI is InChI=1S/C32H36N6O5/c1-3-9-28-33-27-13-8-5-10-24(20-29(39)42-18-19-43-32(40)41-4-2)30(27)38(28)21-22-14-16-23(17-15-22)25-11-6-7-12-26(25)31-34-36-37-35-31/h6-7,11-12,14-17,20H,3-5,8-10,13,18-19,21H2,1-2H3,(H,34,35,36,37). The van der Waals surface area contributed by atoms with E-state index in [1.54, 1.807) is 13.0 Å². The second-order valence-electron chi connectivity index (χ2n) is 10.2. The summed E-state index contributed by atoms with van der Waals surface area (Å²) < 4.78 is 17.2. The maximum Gasteiger partial charge on any atom is 0.508 e. The zero-order valence-electron chi connectivity index (χ0n) is 24.5. The van der Waals surface area contributed by atoms with Crippen LogP contribution >= 0.6 is 0 Å². The fraction of sp³-hybridized carbons (Fsp3) is 0.375. The number of allylic oxidation sites excluding steroid dienone is 1. The van der Waals surface area contributed by atoms with Crippen LogP contribution in [0.25, 0.3) is 28.1 Å². The van der Waals surface area contributed by atoms with Crippen LogP contribution in [0.5, 0.6) is 0 Å². The van der Waals surface area contributed by atoms with Gasteiger partial charge in [-0.3, -0.25) is 0 Å². The topological polar surface area (TPSA) is 134 Å². The van der Waals surface area contributed by atoms with Gasteiger partial charge in [0.1, 0.15) is 19.0 Å². The van der Waals surface area contributed by atoms with Gasteiger partial charge in [-0.25, -0.2) is 19.7 Å². The van der Waals surface area contributed by atoms with Crippen LogP contribution < -0.4 is 0 Å². The van der Waals surface area contributed by atoms with Gasteiger partial charge >= 0.3 is 12.1 Å². The summed E-state index contributed by atoms with van der Waals surface area (Å²) in [5, 5.41) is 14.4. The lowest BCUT2D eigenvalue weighted by molar-refractivity contribution is -0.138. The minimum Gasteiger partial charge on any atom is -0.459 e. The molecule has 1 aliphatic rings. The van der Waals surface area contributed by atoms with E-state index in [4.69, 9.17) is 19.2 Å². The number of benzene rings is 2. The highest BCUT2D eigenvalue weighted by Crippen LogP contribution is 2.33. The third-order valence-corrected chi connectivity index (χ3v) is 7.24. The maximum atomic E-state index is 12.8. The number of hydrogen-bond acceptors (Lipinski definition) is 9. The lowest BCUT2D eigenvalue weighted by atomic mass is 9.98. The van der Waals surface area contributed by atoms with Gasteiger partial charge < -0.3 is 18.8 Å². The van der Waals surface area contributed by atoms with Crippen LogP contribution in [-0.4, -0.2) is 62.1 Å². The van der Waals surface area contributed by atoms with Crippen LogP contribution in [0.15, 0.2) is 54.6 Å². The van der Waals surface area contributed by atoms with E-state index in [1.807, 2.05) is 18.2 Å². The molecule has 0 saturated carbocycles. The number of nitrogens with zero attached hydrogens (tertiary/aromatic N) is 5. The number of nitrogens with one attached hydrogen (secondary N) is 1. The number of imidazole rings is 1. The van der Waals surface area contributed by atoms with Crippen molar-refractivity contribution in [1.82, 2.24) is 30.2 Å². The van der Waals surface area contributed by atoms with E-state index >= 15 is 0 Å². The number of tetrazole rings is 1. The summed E-state index contributed by atoms with van der Waals surface area (Å²) in [6.45, 7) is 4.59. The Hall–Kier alpha value is -4.80. The molecule has 1 N–H and O–H groups in total. The average molecular weight is 585 g/mol. The maximum absolute atomic E-state index is 12.8. The van der Waals surface area contributed by atoms with E-state index in [0.717, 1.165) is 83.6 Å². The Balaban J connectivity index is 1.38. The van der Waals surface area contributed by atoms with Gasteiger partial charge in [0.2, 0.25) is 0 Å². The summed E-state index contributed by atoms with van der Waals surface area (Å²) in [5.74, 6) is 1.17. The van der Waals surface area contributed by atoms with E-state index in [-0.39, 0.29) is 19.8 Å². The molecule has 0 aliphatic heterocycles. The van der Waals surface area contributed by atoms with Crippen molar-refractivity contribution in [3.63, 3.8) is 0 Å². The smallest absolute Gasteiger partial charge is 0.459 e. The molecule has 5 rings (SSSR count). The molecule has 11 heteroatoms. The highest BCUT2D eigenvalue weighted by molar-refractivity contribution is 5.91. The van der Waals surface area contributed by atoms with Gasteiger partial charge in [-0.15, -0.1) is 5.10 Å². The Morgan fingerprint density at radius 2 is 1.72 bits per heavy atom. The van der Waals surface area contributed by atoms with Crippen LogP contribution in [-0.2, 0) is 38.4 Å². The first-order valence-corrected chi connectivity index (χ1v) is 14.7. The zero-order chi connectivity index (χ0) is 30.0. The average Bonchev–Trinajstić information content (AvgIpc) is 3.62. The monoisotopic (exact) mass is 584 g/mol. The molecule has 2 aromatic heterocycles. The Morgan fingerprint density at radius 1 is 0.953 bits per heavy atom. The van der Waals surface area contributed by atoms with Crippen LogP contribution in [0, 0.1) is 0 Å². The van der Waals surface area contributed by atoms with Gasteiger partial charge in [-0.05, 0) is 71.7 Å². The summed E-state index contributed by atoms with van der Waals surface area (Å²) in [7, 11) is 0. The largest absolute Gasteiger partial charge is 0.508 e. The summed E-state index contributed by atoms with van der Waals surface area (Å²) in [5.41, 5.74) is 7.10. The zero-order valence-corrected chi connectivity index (χ0v) is 24.5. The van der Waals surface area contributed by atoms with Crippen molar-refractivity contribution in [2.24, 2.45) is 0 Å². The Kier molecular flexibility index (Phi) is 9.94. The highest BCUT2D eigenvalue weighted by Gasteiger charge is 2.23. The first-order valence-electron chi connectivity index (χ1n) is 14.7. The van der Waals surface area contributed by atoms with E-state index in [1.165, 1.54) is 0 Å². The number of aryl methyl sites for hydroxylation is 2. The minimum absolute atomic E-state index is 0.0446. The Morgan fingerprint density at radius 3 is 2.47 bits per heavy atom. The van der Waals surface area contributed by atoms with Crippen molar-refractivity contribution in [2.45, 2.75) is 58.9 Å². The number of aromatic nitrogens is 6. The number of H-pyrrole nitrogens is 1. The van der Waals surface area contributed by atoms with Gasteiger partial charge in [-0.2, -0.15) is 0 Å².